The largest absolute Gasteiger partial charge is 0.490 e. The number of aliphatic imine (C=N–C) groups is 1. The Labute approximate surface area is 172 Å². The Morgan fingerprint density at radius 2 is 2.24 bits per heavy atom. The normalized spacial score (nSPS) is 20.0. The van der Waals surface area contributed by atoms with E-state index >= 15 is 0 Å². The van der Waals surface area contributed by atoms with Gasteiger partial charge in [0.2, 0.25) is 0 Å². The molecule has 1 aromatic heterocycles. The van der Waals surface area contributed by atoms with Crippen LogP contribution in [0.1, 0.15) is 32.1 Å². The van der Waals surface area contributed by atoms with E-state index in [-0.39, 0.29) is 24.0 Å². The second kappa shape index (κ2) is 10.4. The van der Waals surface area contributed by atoms with E-state index in [1.165, 1.54) is 37.9 Å². The third kappa shape index (κ3) is 5.91. The summed E-state index contributed by atoms with van der Waals surface area (Å²) in [6.07, 6.45) is 10.4. The Morgan fingerprint density at radius 1 is 1.40 bits per heavy atom. The van der Waals surface area contributed by atoms with E-state index in [2.05, 4.69) is 32.0 Å². The van der Waals surface area contributed by atoms with Crippen molar-refractivity contribution in [1.29, 1.82) is 0 Å². The molecule has 140 valence electrons. The number of hydrogen-bond acceptors (Lipinski definition) is 4. The van der Waals surface area contributed by atoms with E-state index in [0.717, 1.165) is 31.3 Å². The molecule has 1 aliphatic heterocycles. The lowest BCUT2D eigenvalue weighted by atomic mass is 9.87. The second-order valence-electron chi connectivity index (χ2n) is 6.52. The van der Waals surface area contributed by atoms with E-state index in [0.29, 0.717) is 11.4 Å². The van der Waals surface area contributed by atoms with Crippen molar-refractivity contribution in [2.24, 2.45) is 4.99 Å². The molecule has 0 aromatic carbocycles. The monoisotopic (exact) mass is 476 g/mol. The maximum Gasteiger partial charge on any atom is 0.193 e. The third-order valence-corrected chi connectivity index (χ3v) is 6.35. The zero-order valence-corrected chi connectivity index (χ0v) is 18.1. The fourth-order valence-corrected chi connectivity index (χ4v) is 5.19. The molecule has 0 bridgehead atoms. The molecule has 1 aromatic rings. The number of hydrogen-bond donors (Lipinski definition) is 1. The molecule has 1 N–H and O–H groups in total. The average Bonchev–Trinajstić information content (AvgIpc) is 2.63. The summed E-state index contributed by atoms with van der Waals surface area (Å²) >= 11 is 2.19. The van der Waals surface area contributed by atoms with Gasteiger partial charge in [-0.2, -0.15) is 11.8 Å². The van der Waals surface area contributed by atoms with Crippen molar-refractivity contribution >= 4 is 41.7 Å². The molecular weight excluding hydrogens is 447 g/mol. The SMILES string of the molecule is CN=C(NCCOc1cccnc1)N1CCSC2(CCCCC2)C1.I. The first kappa shape index (κ1) is 20.6. The Kier molecular flexibility index (Phi) is 8.61. The maximum absolute atomic E-state index is 5.70. The van der Waals surface area contributed by atoms with Crippen LogP contribution in [0.3, 0.4) is 0 Å². The van der Waals surface area contributed by atoms with Crippen molar-refractivity contribution in [2.45, 2.75) is 36.9 Å². The summed E-state index contributed by atoms with van der Waals surface area (Å²) in [6.45, 7) is 3.56. The Balaban J connectivity index is 0.00000225. The number of pyridine rings is 1. The lowest BCUT2D eigenvalue weighted by Gasteiger charge is -2.45. The molecule has 0 atom stereocenters. The zero-order valence-electron chi connectivity index (χ0n) is 14.9. The number of halogens is 1. The number of aromatic nitrogens is 1. The zero-order chi connectivity index (χ0) is 16.7. The molecule has 0 radical (unpaired) electrons. The van der Waals surface area contributed by atoms with E-state index in [4.69, 9.17) is 4.74 Å². The van der Waals surface area contributed by atoms with Crippen molar-refractivity contribution in [3.63, 3.8) is 0 Å². The van der Waals surface area contributed by atoms with Crippen LogP contribution in [-0.2, 0) is 0 Å². The molecule has 5 nitrogen and oxygen atoms in total. The highest BCUT2D eigenvalue weighted by Crippen LogP contribution is 2.42. The smallest absolute Gasteiger partial charge is 0.193 e. The Morgan fingerprint density at radius 3 is 2.96 bits per heavy atom. The summed E-state index contributed by atoms with van der Waals surface area (Å²) in [7, 11) is 1.87. The van der Waals surface area contributed by atoms with E-state index in [1.54, 1.807) is 12.4 Å². The summed E-state index contributed by atoms with van der Waals surface area (Å²) in [5, 5.41) is 3.45. The molecule has 1 saturated carbocycles. The van der Waals surface area contributed by atoms with Crippen LogP contribution >= 0.6 is 35.7 Å². The first-order valence-corrected chi connectivity index (χ1v) is 9.92. The van der Waals surface area contributed by atoms with Crippen LogP contribution in [0.15, 0.2) is 29.5 Å². The molecule has 1 aliphatic carbocycles. The van der Waals surface area contributed by atoms with Gasteiger partial charge >= 0.3 is 0 Å². The van der Waals surface area contributed by atoms with Gasteiger partial charge in [-0.05, 0) is 25.0 Å². The lowest BCUT2D eigenvalue weighted by Crippen LogP contribution is -2.53. The fourth-order valence-electron chi connectivity index (χ4n) is 3.62. The molecule has 0 amide bonds. The van der Waals surface area contributed by atoms with Gasteiger partial charge in [-0.15, -0.1) is 24.0 Å². The number of guanidine groups is 1. The third-order valence-electron chi connectivity index (χ3n) is 4.81. The Hall–Kier alpha value is -0.700. The highest BCUT2D eigenvalue weighted by atomic mass is 127. The van der Waals surface area contributed by atoms with Crippen LogP contribution in [0, 0.1) is 0 Å². The topological polar surface area (TPSA) is 49.8 Å². The minimum absolute atomic E-state index is 0. The molecular formula is C18H29IN4OS. The number of nitrogens with one attached hydrogen (secondary N) is 1. The highest BCUT2D eigenvalue weighted by molar-refractivity contribution is 14.0. The number of ether oxygens (including phenoxy) is 1. The van der Waals surface area contributed by atoms with Gasteiger partial charge in [0.15, 0.2) is 5.96 Å². The molecule has 3 rings (SSSR count). The van der Waals surface area contributed by atoms with Gasteiger partial charge in [-0.1, -0.05) is 19.3 Å². The van der Waals surface area contributed by atoms with Crippen LogP contribution < -0.4 is 10.1 Å². The summed E-state index contributed by atoms with van der Waals surface area (Å²) in [5.74, 6) is 3.02. The van der Waals surface area contributed by atoms with Gasteiger partial charge in [0.1, 0.15) is 12.4 Å². The molecule has 7 heteroatoms. The fraction of sp³-hybridized carbons (Fsp3) is 0.667. The van der Waals surface area contributed by atoms with E-state index in [1.807, 2.05) is 19.2 Å². The first-order valence-electron chi connectivity index (χ1n) is 8.94. The predicted octanol–water partition coefficient (Wildman–Crippen LogP) is 3.41. The number of rotatable bonds is 4. The lowest BCUT2D eigenvalue weighted by molar-refractivity contribution is 0.287. The molecule has 1 spiro atoms. The minimum atomic E-state index is 0. The molecule has 1 saturated heterocycles. The van der Waals surface area contributed by atoms with Crippen molar-refractivity contribution in [1.82, 2.24) is 15.2 Å². The molecule has 25 heavy (non-hydrogen) atoms. The van der Waals surface area contributed by atoms with Gasteiger partial charge in [0.05, 0.1) is 12.7 Å². The molecule has 0 unspecified atom stereocenters. The number of nitrogens with zero attached hydrogens (tertiary/aromatic N) is 3. The van der Waals surface area contributed by atoms with Crippen LogP contribution in [-0.4, -0.2) is 59.6 Å². The van der Waals surface area contributed by atoms with Crippen molar-refractivity contribution in [3.8, 4) is 5.75 Å². The predicted molar refractivity (Wildman–Crippen MR) is 116 cm³/mol. The average molecular weight is 476 g/mol. The highest BCUT2D eigenvalue weighted by Gasteiger charge is 2.38. The van der Waals surface area contributed by atoms with Crippen LogP contribution in [0.25, 0.3) is 0 Å². The van der Waals surface area contributed by atoms with Gasteiger partial charge in [-0.25, -0.2) is 0 Å². The van der Waals surface area contributed by atoms with Crippen LogP contribution in [0.5, 0.6) is 5.75 Å². The van der Waals surface area contributed by atoms with Gasteiger partial charge in [-0.3, -0.25) is 9.98 Å². The van der Waals surface area contributed by atoms with Crippen LogP contribution in [0.2, 0.25) is 0 Å². The Bertz CT molecular complexity index is 532. The van der Waals surface area contributed by atoms with Gasteiger partial charge in [0, 0.05) is 36.8 Å². The standard InChI is InChI=1S/C18H28N4OS.HI/c1-19-17(21-10-12-23-16-6-5-9-20-14-16)22-11-13-24-18(15-22)7-3-2-4-8-18;/h5-6,9,14H,2-4,7-8,10-13,15H2,1H3,(H,19,21);1H. The molecule has 2 aliphatic rings. The molecule has 2 fully saturated rings. The molecule has 2 heterocycles. The summed E-state index contributed by atoms with van der Waals surface area (Å²) in [6, 6.07) is 3.81. The first-order chi connectivity index (χ1) is 11.8. The summed E-state index contributed by atoms with van der Waals surface area (Å²) in [4.78, 5) is 11.0. The van der Waals surface area contributed by atoms with Crippen molar-refractivity contribution in [3.05, 3.63) is 24.5 Å². The summed E-state index contributed by atoms with van der Waals surface area (Å²) < 4.78 is 6.15. The van der Waals surface area contributed by atoms with Crippen LogP contribution in [0.4, 0.5) is 0 Å². The van der Waals surface area contributed by atoms with Gasteiger partial charge in [0.25, 0.3) is 0 Å². The number of thioether (sulfide) groups is 1. The summed E-state index contributed by atoms with van der Waals surface area (Å²) in [5.41, 5.74) is 0. The van der Waals surface area contributed by atoms with Crippen molar-refractivity contribution in [2.75, 3.05) is 39.0 Å². The maximum atomic E-state index is 5.70. The van der Waals surface area contributed by atoms with E-state index in [9.17, 15) is 0 Å². The minimum Gasteiger partial charge on any atom is -0.490 e. The quantitative estimate of drug-likeness (QED) is 0.313. The van der Waals surface area contributed by atoms with Crippen molar-refractivity contribution < 1.29 is 4.74 Å². The van der Waals surface area contributed by atoms with Gasteiger partial charge < -0.3 is 15.0 Å². The van der Waals surface area contributed by atoms with E-state index < -0.39 is 0 Å². The second-order valence-corrected chi connectivity index (χ2v) is 8.09.